The van der Waals surface area contributed by atoms with Crippen LogP contribution in [0.2, 0.25) is 0 Å². The second-order valence-corrected chi connectivity index (χ2v) is 6.13. The Morgan fingerprint density at radius 2 is 2.12 bits per heavy atom. The normalized spacial score (nSPS) is 16.3. The molecule has 0 aromatic carbocycles. The number of nitrogens with zero attached hydrogens (tertiary/aromatic N) is 2. The van der Waals surface area contributed by atoms with Gasteiger partial charge in [-0.1, -0.05) is 0 Å². The van der Waals surface area contributed by atoms with Gasteiger partial charge in [-0.2, -0.15) is 0 Å². The number of hydrogen-bond donors (Lipinski definition) is 0. The molecule has 4 nitrogen and oxygen atoms in total. The third kappa shape index (κ3) is 3.19. The van der Waals surface area contributed by atoms with Crippen LogP contribution >= 0.6 is 11.3 Å². The first-order valence-electron chi connectivity index (χ1n) is 5.85. The Bertz CT molecular complexity index is 386. The van der Waals surface area contributed by atoms with E-state index in [1.165, 1.54) is 4.88 Å². The molecule has 1 aromatic heterocycles. The lowest BCUT2D eigenvalue weighted by Gasteiger charge is -2.26. The first-order valence-corrected chi connectivity index (χ1v) is 6.73. The summed E-state index contributed by atoms with van der Waals surface area (Å²) in [5.74, 6) is 0. The van der Waals surface area contributed by atoms with E-state index in [2.05, 4.69) is 4.98 Å². The van der Waals surface area contributed by atoms with Gasteiger partial charge in [-0.15, -0.1) is 11.3 Å². The minimum absolute atomic E-state index is 0.215. The van der Waals surface area contributed by atoms with Gasteiger partial charge in [-0.3, -0.25) is 0 Å². The molecule has 0 saturated carbocycles. The fourth-order valence-electron chi connectivity index (χ4n) is 1.80. The molecule has 0 fully saturated rings. The summed E-state index contributed by atoms with van der Waals surface area (Å²) in [6, 6.07) is 0. The number of carbonyl (C=O) groups excluding carboxylic acids is 1. The molecule has 2 rings (SSSR count). The summed E-state index contributed by atoms with van der Waals surface area (Å²) in [5.41, 5.74) is 2.60. The topological polar surface area (TPSA) is 42.4 Å². The Morgan fingerprint density at radius 3 is 2.82 bits per heavy atom. The van der Waals surface area contributed by atoms with Crippen molar-refractivity contribution >= 4 is 17.4 Å². The van der Waals surface area contributed by atoms with E-state index in [0.29, 0.717) is 6.54 Å². The molecule has 0 spiro atoms. The van der Waals surface area contributed by atoms with Crippen molar-refractivity contribution < 1.29 is 9.53 Å². The Labute approximate surface area is 106 Å². The highest BCUT2D eigenvalue weighted by Gasteiger charge is 2.24. The lowest BCUT2D eigenvalue weighted by Crippen LogP contribution is -2.38. The zero-order chi connectivity index (χ0) is 12.5. The largest absolute Gasteiger partial charge is 0.444 e. The monoisotopic (exact) mass is 254 g/mol. The number of hydrogen-bond acceptors (Lipinski definition) is 4. The first kappa shape index (κ1) is 12.4. The van der Waals surface area contributed by atoms with E-state index in [1.807, 2.05) is 26.3 Å². The van der Waals surface area contributed by atoms with E-state index < -0.39 is 5.60 Å². The van der Waals surface area contributed by atoms with Crippen LogP contribution in [0.15, 0.2) is 5.51 Å². The second kappa shape index (κ2) is 4.64. The SMILES string of the molecule is CC(C)(C)OC(=O)N1CCc2ncsc2CC1. The molecule has 1 aromatic rings. The summed E-state index contributed by atoms with van der Waals surface area (Å²) in [5, 5.41) is 0. The predicted molar refractivity (Wildman–Crippen MR) is 67.3 cm³/mol. The van der Waals surface area contributed by atoms with Gasteiger partial charge < -0.3 is 9.64 Å². The van der Waals surface area contributed by atoms with Crippen LogP contribution in [0.1, 0.15) is 31.3 Å². The molecule has 2 heterocycles. The number of rotatable bonds is 0. The van der Waals surface area contributed by atoms with Crippen molar-refractivity contribution in [2.24, 2.45) is 0 Å². The van der Waals surface area contributed by atoms with E-state index in [4.69, 9.17) is 4.74 Å². The van der Waals surface area contributed by atoms with Gasteiger partial charge in [0.1, 0.15) is 5.60 Å². The third-order valence-corrected chi connectivity index (χ3v) is 3.54. The van der Waals surface area contributed by atoms with Gasteiger partial charge in [0.05, 0.1) is 11.2 Å². The van der Waals surface area contributed by atoms with Crippen molar-refractivity contribution in [3.05, 3.63) is 16.1 Å². The van der Waals surface area contributed by atoms with Gasteiger partial charge >= 0.3 is 6.09 Å². The number of aromatic nitrogens is 1. The third-order valence-electron chi connectivity index (χ3n) is 2.60. The maximum Gasteiger partial charge on any atom is 0.410 e. The van der Waals surface area contributed by atoms with Gasteiger partial charge in [-0.05, 0) is 20.8 Å². The smallest absolute Gasteiger partial charge is 0.410 e. The van der Waals surface area contributed by atoms with Crippen LogP contribution < -0.4 is 0 Å². The average molecular weight is 254 g/mol. The molecule has 0 unspecified atom stereocenters. The predicted octanol–water partition coefficient (Wildman–Crippen LogP) is 2.48. The van der Waals surface area contributed by atoms with Gasteiger partial charge in [0.25, 0.3) is 0 Å². The Kier molecular flexibility index (Phi) is 3.38. The molecule has 1 aliphatic rings. The molecule has 0 N–H and O–H groups in total. The summed E-state index contributed by atoms with van der Waals surface area (Å²) >= 11 is 1.68. The Hall–Kier alpha value is -1.10. The molecule has 0 atom stereocenters. The molecule has 94 valence electrons. The first-order chi connectivity index (χ1) is 7.96. The standard InChI is InChI=1S/C12H18N2O2S/c1-12(2,3)16-11(15)14-6-4-9-10(5-7-14)17-8-13-9/h8H,4-7H2,1-3H3. The van der Waals surface area contributed by atoms with Crippen LogP contribution in [0.3, 0.4) is 0 Å². The van der Waals surface area contributed by atoms with Gasteiger partial charge in [0.15, 0.2) is 0 Å². The molecule has 0 saturated heterocycles. The van der Waals surface area contributed by atoms with Crippen molar-refractivity contribution in [2.75, 3.05) is 13.1 Å². The Balaban J connectivity index is 1.97. The fourth-order valence-corrected chi connectivity index (χ4v) is 2.61. The lowest BCUT2D eigenvalue weighted by atomic mass is 10.2. The fraction of sp³-hybridized carbons (Fsp3) is 0.667. The van der Waals surface area contributed by atoms with Crippen molar-refractivity contribution in [1.29, 1.82) is 0 Å². The summed E-state index contributed by atoms with van der Waals surface area (Å²) in [7, 11) is 0. The van der Waals surface area contributed by atoms with Crippen LogP contribution in [-0.2, 0) is 17.6 Å². The van der Waals surface area contributed by atoms with Gasteiger partial charge in [-0.25, -0.2) is 9.78 Å². The van der Waals surface area contributed by atoms with Gasteiger partial charge in [0, 0.05) is 30.8 Å². The highest BCUT2D eigenvalue weighted by Crippen LogP contribution is 2.20. The second-order valence-electron chi connectivity index (χ2n) is 5.19. The molecule has 17 heavy (non-hydrogen) atoms. The molecule has 1 amide bonds. The highest BCUT2D eigenvalue weighted by atomic mass is 32.1. The molecule has 1 aliphatic heterocycles. The zero-order valence-corrected chi connectivity index (χ0v) is 11.3. The summed E-state index contributed by atoms with van der Waals surface area (Å²) in [6.45, 7) is 7.10. The van der Waals surface area contributed by atoms with Gasteiger partial charge in [0.2, 0.25) is 0 Å². The van der Waals surface area contributed by atoms with E-state index in [1.54, 1.807) is 16.2 Å². The quantitative estimate of drug-likeness (QED) is 0.714. The zero-order valence-electron chi connectivity index (χ0n) is 10.5. The Morgan fingerprint density at radius 1 is 1.41 bits per heavy atom. The highest BCUT2D eigenvalue weighted by molar-refractivity contribution is 7.09. The van der Waals surface area contributed by atoms with E-state index in [0.717, 1.165) is 25.1 Å². The number of ether oxygens (including phenoxy) is 1. The summed E-state index contributed by atoms with van der Waals surface area (Å²) in [4.78, 5) is 19.3. The van der Waals surface area contributed by atoms with E-state index >= 15 is 0 Å². The average Bonchev–Trinajstić information content (AvgIpc) is 2.54. The summed E-state index contributed by atoms with van der Waals surface area (Å²) in [6.07, 6.45) is 1.50. The van der Waals surface area contributed by atoms with Crippen molar-refractivity contribution in [1.82, 2.24) is 9.88 Å². The number of amides is 1. The van der Waals surface area contributed by atoms with Crippen LogP contribution in [0, 0.1) is 0 Å². The lowest BCUT2D eigenvalue weighted by molar-refractivity contribution is 0.0258. The molecular weight excluding hydrogens is 236 g/mol. The maximum atomic E-state index is 11.9. The summed E-state index contributed by atoms with van der Waals surface area (Å²) < 4.78 is 5.38. The molecular formula is C12H18N2O2S. The van der Waals surface area contributed by atoms with Crippen LogP contribution in [0.4, 0.5) is 4.79 Å². The number of fused-ring (bicyclic) bond motifs is 1. The van der Waals surface area contributed by atoms with Crippen molar-refractivity contribution in [2.45, 2.75) is 39.2 Å². The maximum absolute atomic E-state index is 11.9. The van der Waals surface area contributed by atoms with Crippen LogP contribution in [0.5, 0.6) is 0 Å². The molecule has 0 bridgehead atoms. The number of thiazole rings is 1. The van der Waals surface area contributed by atoms with Crippen molar-refractivity contribution in [3.63, 3.8) is 0 Å². The van der Waals surface area contributed by atoms with E-state index in [-0.39, 0.29) is 6.09 Å². The minimum Gasteiger partial charge on any atom is -0.444 e. The van der Waals surface area contributed by atoms with Crippen LogP contribution in [0.25, 0.3) is 0 Å². The van der Waals surface area contributed by atoms with Crippen LogP contribution in [-0.4, -0.2) is 34.7 Å². The number of carbonyl (C=O) groups is 1. The molecule has 0 radical (unpaired) electrons. The minimum atomic E-state index is -0.424. The van der Waals surface area contributed by atoms with E-state index in [9.17, 15) is 4.79 Å². The molecule has 0 aliphatic carbocycles. The molecule has 5 heteroatoms. The van der Waals surface area contributed by atoms with Crippen molar-refractivity contribution in [3.8, 4) is 0 Å².